The Morgan fingerprint density at radius 2 is 2.20 bits per heavy atom. The first-order valence-corrected chi connectivity index (χ1v) is 6.09. The van der Waals surface area contributed by atoms with Crippen molar-refractivity contribution in [3.8, 4) is 0 Å². The molecule has 0 saturated heterocycles. The van der Waals surface area contributed by atoms with Gasteiger partial charge in [0.1, 0.15) is 17.3 Å². The molecule has 0 saturated carbocycles. The van der Waals surface area contributed by atoms with Crippen LogP contribution in [0, 0.1) is 6.92 Å². The molecule has 102 valence electrons. The van der Waals surface area contributed by atoms with E-state index in [1.165, 1.54) is 0 Å². The van der Waals surface area contributed by atoms with Crippen molar-refractivity contribution in [3.05, 3.63) is 48.2 Å². The Balaban J connectivity index is 1.66. The molecule has 0 aromatic carbocycles. The molecule has 3 rings (SSSR count). The van der Waals surface area contributed by atoms with Crippen LogP contribution in [0.5, 0.6) is 0 Å². The molecule has 0 aliphatic carbocycles. The van der Waals surface area contributed by atoms with E-state index in [9.17, 15) is 0 Å². The zero-order chi connectivity index (χ0) is 13.8. The molecule has 0 aliphatic rings. The van der Waals surface area contributed by atoms with Gasteiger partial charge in [-0.05, 0) is 25.1 Å². The van der Waals surface area contributed by atoms with Crippen LogP contribution in [0.4, 0.5) is 17.6 Å². The second-order valence-electron chi connectivity index (χ2n) is 4.15. The Kier molecular flexibility index (Phi) is 3.32. The summed E-state index contributed by atoms with van der Waals surface area (Å²) in [6.07, 6.45) is 3.30. The Hall–Kier alpha value is -2.83. The minimum atomic E-state index is 0.447. The largest absolute Gasteiger partial charge is 0.467 e. The number of aryl methyl sites for hydroxylation is 1. The molecule has 0 fully saturated rings. The lowest BCUT2D eigenvalue weighted by Gasteiger charge is -2.05. The van der Waals surface area contributed by atoms with Crippen molar-refractivity contribution in [2.24, 2.45) is 0 Å². The van der Waals surface area contributed by atoms with Gasteiger partial charge in [0.2, 0.25) is 5.95 Å². The third-order valence-corrected chi connectivity index (χ3v) is 2.55. The van der Waals surface area contributed by atoms with E-state index in [1.807, 2.05) is 19.1 Å². The fourth-order valence-electron chi connectivity index (χ4n) is 1.65. The van der Waals surface area contributed by atoms with Gasteiger partial charge in [-0.25, -0.2) is 4.98 Å². The van der Waals surface area contributed by atoms with E-state index in [-0.39, 0.29) is 0 Å². The highest BCUT2D eigenvalue weighted by atomic mass is 16.5. The van der Waals surface area contributed by atoms with Gasteiger partial charge in [-0.3, -0.25) is 0 Å². The normalized spacial score (nSPS) is 10.4. The van der Waals surface area contributed by atoms with Crippen LogP contribution in [0.25, 0.3) is 0 Å². The summed E-state index contributed by atoms with van der Waals surface area (Å²) in [5.41, 5.74) is 0. The number of hydrogen-bond donors (Lipinski definition) is 2. The van der Waals surface area contributed by atoms with Gasteiger partial charge in [0, 0.05) is 12.3 Å². The molecule has 3 aromatic heterocycles. The molecule has 0 radical (unpaired) electrons. The molecule has 0 spiro atoms. The number of aromatic nitrogens is 3. The summed E-state index contributed by atoms with van der Waals surface area (Å²) in [4.78, 5) is 8.44. The summed E-state index contributed by atoms with van der Waals surface area (Å²) in [6, 6.07) is 7.29. The van der Waals surface area contributed by atoms with Gasteiger partial charge in [0.05, 0.1) is 12.8 Å². The third kappa shape index (κ3) is 2.94. The first kappa shape index (κ1) is 12.2. The van der Waals surface area contributed by atoms with Crippen LogP contribution in [-0.4, -0.2) is 15.1 Å². The molecule has 7 heteroatoms. The summed E-state index contributed by atoms with van der Waals surface area (Å²) in [5.74, 6) is 3.28. The fourth-order valence-corrected chi connectivity index (χ4v) is 1.65. The van der Waals surface area contributed by atoms with Gasteiger partial charge in [-0.15, -0.1) is 0 Å². The van der Waals surface area contributed by atoms with Crippen molar-refractivity contribution >= 4 is 17.6 Å². The Labute approximate surface area is 115 Å². The number of anilines is 3. The molecule has 3 aromatic rings. The zero-order valence-electron chi connectivity index (χ0n) is 10.8. The van der Waals surface area contributed by atoms with Crippen LogP contribution in [0.15, 0.2) is 45.7 Å². The van der Waals surface area contributed by atoms with Crippen molar-refractivity contribution in [2.75, 3.05) is 10.6 Å². The topological polar surface area (TPSA) is 89.0 Å². The monoisotopic (exact) mass is 271 g/mol. The predicted octanol–water partition coefficient (Wildman–Crippen LogP) is 2.72. The van der Waals surface area contributed by atoms with Crippen molar-refractivity contribution in [3.63, 3.8) is 0 Å². The van der Waals surface area contributed by atoms with E-state index in [2.05, 4.69) is 25.8 Å². The van der Waals surface area contributed by atoms with Gasteiger partial charge in [-0.2, -0.15) is 4.98 Å². The number of furan rings is 1. The van der Waals surface area contributed by atoms with Crippen LogP contribution in [0.3, 0.4) is 0 Å². The third-order valence-electron chi connectivity index (χ3n) is 2.55. The molecule has 0 aliphatic heterocycles. The number of rotatable bonds is 5. The SMILES string of the molecule is Cc1cc(Nc2nccc(NCc3ccco3)n2)no1. The van der Waals surface area contributed by atoms with Gasteiger partial charge < -0.3 is 19.6 Å². The van der Waals surface area contributed by atoms with Crippen molar-refractivity contribution < 1.29 is 8.94 Å². The van der Waals surface area contributed by atoms with Crippen LogP contribution < -0.4 is 10.6 Å². The van der Waals surface area contributed by atoms with Gasteiger partial charge in [0.15, 0.2) is 5.82 Å². The molecule has 0 amide bonds. The lowest BCUT2D eigenvalue weighted by molar-refractivity contribution is 0.400. The molecular formula is C13H13N5O2. The second kappa shape index (κ2) is 5.43. The lowest BCUT2D eigenvalue weighted by Crippen LogP contribution is -2.03. The maximum absolute atomic E-state index is 5.24. The molecule has 0 bridgehead atoms. The summed E-state index contributed by atoms with van der Waals surface area (Å²) in [5, 5.41) is 9.94. The van der Waals surface area contributed by atoms with E-state index in [1.54, 1.807) is 24.6 Å². The van der Waals surface area contributed by atoms with Crippen molar-refractivity contribution in [1.29, 1.82) is 0 Å². The van der Waals surface area contributed by atoms with Gasteiger partial charge in [0.25, 0.3) is 0 Å². The predicted molar refractivity (Wildman–Crippen MR) is 72.6 cm³/mol. The van der Waals surface area contributed by atoms with Crippen LogP contribution in [0.1, 0.15) is 11.5 Å². The highest BCUT2D eigenvalue weighted by Gasteiger charge is 2.04. The molecular weight excluding hydrogens is 258 g/mol. The fraction of sp³-hybridized carbons (Fsp3) is 0.154. The Morgan fingerprint density at radius 3 is 2.95 bits per heavy atom. The summed E-state index contributed by atoms with van der Waals surface area (Å²) < 4.78 is 10.2. The highest BCUT2D eigenvalue weighted by Crippen LogP contribution is 2.14. The Morgan fingerprint density at radius 1 is 1.25 bits per heavy atom. The molecule has 2 N–H and O–H groups in total. The first-order chi connectivity index (χ1) is 9.79. The lowest BCUT2D eigenvalue weighted by atomic mass is 10.4. The first-order valence-electron chi connectivity index (χ1n) is 6.09. The Bertz CT molecular complexity index is 678. The minimum absolute atomic E-state index is 0.447. The minimum Gasteiger partial charge on any atom is -0.467 e. The highest BCUT2D eigenvalue weighted by molar-refractivity contribution is 5.49. The molecule has 20 heavy (non-hydrogen) atoms. The average molecular weight is 271 g/mol. The van der Waals surface area contributed by atoms with Crippen molar-refractivity contribution in [2.45, 2.75) is 13.5 Å². The smallest absolute Gasteiger partial charge is 0.230 e. The summed E-state index contributed by atoms with van der Waals surface area (Å²) >= 11 is 0. The van der Waals surface area contributed by atoms with E-state index < -0.39 is 0 Å². The van der Waals surface area contributed by atoms with Gasteiger partial charge in [-0.1, -0.05) is 5.16 Å². The quantitative estimate of drug-likeness (QED) is 0.737. The molecule has 7 nitrogen and oxygen atoms in total. The van der Waals surface area contributed by atoms with Crippen molar-refractivity contribution in [1.82, 2.24) is 15.1 Å². The van der Waals surface area contributed by atoms with E-state index in [4.69, 9.17) is 8.94 Å². The average Bonchev–Trinajstić information content (AvgIpc) is 3.09. The van der Waals surface area contributed by atoms with E-state index in [0.717, 1.165) is 11.5 Å². The van der Waals surface area contributed by atoms with E-state index in [0.29, 0.717) is 24.1 Å². The summed E-state index contributed by atoms with van der Waals surface area (Å²) in [6.45, 7) is 2.38. The van der Waals surface area contributed by atoms with Crippen LogP contribution >= 0.6 is 0 Å². The molecule has 0 unspecified atom stereocenters. The maximum Gasteiger partial charge on any atom is 0.230 e. The summed E-state index contributed by atoms with van der Waals surface area (Å²) in [7, 11) is 0. The second-order valence-corrected chi connectivity index (χ2v) is 4.15. The number of nitrogens with zero attached hydrogens (tertiary/aromatic N) is 3. The standard InChI is InChI=1S/C13H13N5O2/c1-9-7-12(18-20-9)17-13-14-5-4-11(16-13)15-8-10-3-2-6-19-10/h2-7H,8H2,1H3,(H2,14,15,16,17,18). The molecule has 0 atom stereocenters. The van der Waals surface area contributed by atoms with Crippen LogP contribution in [0.2, 0.25) is 0 Å². The maximum atomic E-state index is 5.24. The zero-order valence-corrected chi connectivity index (χ0v) is 10.8. The number of nitrogens with one attached hydrogen (secondary N) is 2. The molecule has 3 heterocycles. The number of hydrogen-bond acceptors (Lipinski definition) is 7. The van der Waals surface area contributed by atoms with Gasteiger partial charge >= 0.3 is 0 Å². The van der Waals surface area contributed by atoms with E-state index >= 15 is 0 Å². The van der Waals surface area contributed by atoms with Crippen LogP contribution in [-0.2, 0) is 6.54 Å².